The van der Waals surface area contributed by atoms with Gasteiger partial charge < -0.3 is 0 Å². The van der Waals surface area contributed by atoms with E-state index in [1.807, 2.05) is 23.5 Å². The van der Waals surface area contributed by atoms with Crippen LogP contribution in [0.1, 0.15) is 20.8 Å². The molecule has 0 unspecified atom stereocenters. The second-order valence-electron chi connectivity index (χ2n) is 1.80. The highest BCUT2D eigenvalue weighted by Crippen LogP contribution is 2.23. The molecule has 0 aromatic carbocycles. The first-order valence-electron chi connectivity index (χ1n) is 3.71. The van der Waals surface area contributed by atoms with Crippen LogP contribution in [0.15, 0.2) is 12.2 Å². The summed E-state index contributed by atoms with van der Waals surface area (Å²) in [6, 6.07) is 0. The van der Waals surface area contributed by atoms with E-state index in [1.165, 1.54) is 11.5 Å². The molecule has 0 fully saturated rings. The Balaban J connectivity index is 3.50. The van der Waals surface area contributed by atoms with E-state index in [2.05, 4.69) is 32.9 Å². The van der Waals surface area contributed by atoms with Gasteiger partial charge in [-0.1, -0.05) is 26.0 Å². The number of thioether (sulfide) groups is 2. The molecule has 0 aliphatic rings. The molecule has 0 spiro atoms. The fraction of sp³-hybridized carbons (Fsp3) is 0.750. The summed E-state index contributed by atoms with van der Waals surface area (Å²) < 4.78 is 0.681. The second kappa shape index (κ2) is 7.55. The largest absolute Gasteiger partial charge is 0.144 e. The van der Waals surface area contributed by atoms with Crippen LogP contribution in [0.2, 0.25) is 0 Å². The molecule has 0 atom stereocenters. The first-order valence-corrected chi connectivity index (χ1v) is 5.80. The summed E-state index contributed by atoms with van der Waals surface area (Å²) in [5.41, 5.74) is 0. The molecule has 0 bridgehead atoms. The normalized spacial score (nSPS) is 11.6. The third-order valence-corrected chi connectivity index (χ3v) is 3.47. The average molecular weight is 176 g/mol. The van der Waals surface area contributed by atoms with Crippen LogP contribution in [-0.4, -0.2) is 16.1 Å². The van der Waals surface area contributed by atoms with E-state index >= 15 is 0 Å². The lowest BCUT2D eigenvalue weighted by molar-refractivity contribution is 1.46. The maximum Gasteiger partial charge on any atom is 0.0681 e. The highest BCUT2D eigenvalue weighted by atomic mass is 32.2. The maximum absolute atomic E-state index is 2.27. The Morgan fingerprint density at radius 2 is 1.70 bits per heavy atom. The maximum atomic E-state index is 2.27. The van der Waals surface area contributed by atoms with E-state index in [0.29, 0.717) is 4.58 Å². The Bertz CT molecular complexity index is 83.3. The summed E-state index contributed by atoms with van der Waals surface area (Å²) in [6.07, 6.45) is 4.40. The molecule has 0 aromatic rings. The molecule has 0 nitrogen and oxygen atoms in total. The first-order chi connectivity index (χ1) is 4.85. The molecule has 0 aliphatic carbocycles. The van der Waals surface area contributed by atoms with E-state index in [4.69, 9.17) is 0 Å². The lowest BCUT2D eigenvalue weighted by Gasteiger charge is -2.07. The van der Waals surface area contributed by atoms with E-state index in [-0.39, 0.29) is 0 Å². The minimum atomic E-state index is 0.681. The fourth-order valence-corrected chi connectivity index (χ4v) is 3.04. The molecule has 0 saturated carbocycles. The van der Waals surface area contributed by atoms with E-state index in [1.54, 1.807) is 0 Å². The van der Waals surface area contributed by atoms with Crippen LogP contribution in [0, 0.1) is 0 Å². The Morgan fingerprint density at radius 3 is 2.00 bits per heavy atom. The highest BCUT2D eigenvalue weighted by molar-refractivity contribution is 8.17. The zero-order chi connectivity index (χ0) is 7.82. The van der Waals surface area contributed by atoms with Gasteiger partial charge in [0.15, 0.2) is 0 Å². The Kier molecular flexibility index (Phi) is 7.88. The van der Waals surface area contributed by atoms with Gasteiger partial charge in [-0.05, 0) is 18.4 Å². The number of rotatable bonds is 5. The van der Waals surface area contributed by atoms with Gasteiger partial charge >= 0.3 is 0 Å². The average Bonchev–Trinajstić information content (AvgIpc) is 1.90. The van der Waals surface area contributed by atoms with Crippen LogP contribution >= 0.6 is 23.5 Å². The Labute approximate surface area is 72.9 Å². The summed E-state index contributed by atoms with van der Waals surface area (Å²) in [6.45, 7) is 6.49. The number of hydrogen-bond acceptors (Lipinski definition) is 2. The summed E-state index contributed by atoms with van der Waals surface area (Å²) in [4.78, 5) is 0. The van der Waals surface area contributed by atoms with Crippen LogP contribution in [0.25, 0.3) is 0 Å². The number of allylic oxidation sites excluding steroid dienone is 1. The van der Waals surface area contributed by atoms with Crippen molar-refractivity contribution in [2.24, 2.45) is 0 Å². The minimum absolute atomic E-state index is 0.681. The molecule has 10 heavy (non-hydrogen) atoms. The lowest BCUT2D eigenvalue weighted by Crippen LogP contribution is -1.92. The highest BCUT2D eigenvalue weighted by Gasteiger charge is 2.00. The van der Waals surface area contributed by atoms with E-state index in [0.717, 1.165) is 0 Å². The quantitative estimate of drug-likeness (QED) is 0.465. The van der Waals surface area contributed by atoms with E-state index in [9.17, 15) is 0 Å². The molecule has 0 radical (unpaired) electrons. The van der Waals surface area contributed by atoms with Crippen LogP contribution in [-0.2, 0) is 0 Å². The Morgan fingerprint density at radius 1 is 1.20 bits per heavy atom. The summed E-state index contributed by atoms with van der Waals surface area (Å²) in [5.74, 6) is 2.42. The predicted octanol–water partition coefficient (Wildman–Crippen LogP) is 3.39. The molecular weight excluding hydrogens is 160 g/mol. The van der Waals surface area contributed by atoms with Crippen molar-refractivity contribution in [2.45, 2.75) is 25.4 Å². The van der Waals surface area contributed by atoms with Gasteiger partial charge in [-0.2, -0.15) is 0 Å². The third-order valence-electron chi connectivity index (χ3n) is 1.01. The van der Waals surface area contributed by atoms with Crippen LogP contribution in [0.3, 0.4) is 0 Å². The van der Waals surface area contributed by atoms with Crippen molar-refractivity contribution in [3.8, 4) is 0 Å². The van der Waals surface area contributed by atoms with Crippen molar-refractivity contribution in [3.63, 3.8) is 0 Å². The third kappa shape index (κ3) is 5.24. The molecule has 0 heterocycles. The zero-order valence-corrected chi connectivity index (χ0v) is 8.60. The Hall–Kier alpha value is 0.440. The van der Waals surface area contributed by atoms with Crippen LogP contribution in [0.5, 0.6) is 0 Å². The summed E-state index contributed by atoms with van der Waals surface area (Å²) in [7, 11) is 0. The van der Waals surface area contributed by atoms with Crippen LogP contribution in [0.4, 0.5) is 0 Å². The van der Waals surface area contributed by atoms with Crippen molar-refractivity contribution in [2.75, 3.05) is 11.5 Å². The monoisotopic (exact) mass is 176 g/mol. The smallest absolute Gasteiger partial charge is 0.0681 e. The van der Waals surface area contributed by atoms with Crippen molar-refractivity contribution in [1.82, 2.24) is 0 Å². The standard InChI is InChI=1S/C8H16S2/c1-4-7-8(9-5-2)10-6-3/h4,7-8H,5-6H2,1-3H3. The van der Waals surface area contributed by atoms with Crippen molar-refractivity contribution < 1.29 is 0 Å². The topological polar surface area (TPSA) is 0 Å². The molecule has 0 N–H and O–H groups in total. The fourth-order valence-electron chi connectivity index (χ4n) is 0.645. The van der Waals surface area contributed by atoms with Crippen LogP contribution < -0.4 is 0 Å². The van der Waals surface area contributed by atoms with E-state index < -0.39 is 0 Å². The molecule has 0 aliphatic heterocycles. The molecule has 0 aromatic heterocycles. The van der Waals surface area contributed by atoms with Crippen molar-refractivity contribution in [1.29, 1.82) is 0 Å². The number of hydrogen-bond donors (Lipinski definition) is 0. The molecule has 60 valence electrons. The molecule has 2 heteroatoms. The predicted molar refractivity (Wildman–Crippen MR) is 54.9 cm³/mol. The first kappa shape index (κ1) is 10.4. The second-order valence-corrected chi connectivity index (χ2v) is 4.94. The summed E-state index contributed by atoms with van der Waals surface area (Å²) in [5, 5.41) is 0. The van der Waals surface area contributed by atoms with Gasteiger partial charge in [-0.3, -0.25) is 0 Å². The molecular formula is C8H16S2. The van der Waals surface area contributed by atoms with Gasteiger partial charge in [-0.25, -0.2) is 0 Å². The van der Waals surface area contributed by atoms with Gasteiger partial charge in [0.25, 0.3) is 0 Å². The van der Waals surface area contributed by atoms with Crippen molar-refractivity contribution >= 4 is 23.5 Å². The van der Waals surface area contributed by atoms with Gasteiger partial charge in [0.1, 0.15) is 0 Å². The molecule has 0 rings (SSSR count). The lowest BCUT2D eigenvalue weighted by atomic mass is 10.6. The zero-order valence-electron chi connectivity index (χ0n) is 6.96. The van der Waals surface area contributed by atoms with Gasteiger partial charge in [0, 0.05) is 0 Å². The van der Waals surface area contributed by atoms with Gasteiger partial charge in [0.05, 0.1) is 4.58 Å². The molecule has 0 amide bonds. The minimum Gasteiger partial charge on any atom is -0.144 e. The van der Waals surface area contributed by atoms with Gasteiger partial charge in [-0.15, -0.1) is 23.5 Å². The van der Waals surface area contributed by atoms with Crippen molar-refractivity contribution in [3.05, 3.63) is 12.2 Å². The summed E-state index contributed by atoms with van der Waals surface area (Å²) >= 11 is 4.00. The molecule has 0 saturated heterocycles. The van der Waals surface area contributed by atoms with Gasteiger partial charge in [0.2, 0.25) is 0 Å². The SMILES string of the molecule is CC=CC(SCC)SCC.